The zero-order valence-corrected chi connectivity index (χ0v) is 11.5. The molecule has 5 heteroatoms. The first-order valence-electron chi connectivity index (χ1n) is 5.95. The van der Waals surface area contributed by atoms with E-state index in [4.69, 9.17) is 4.74 Å². The molecule has 20 heavy (non-hydrogen) atoms. The number of ether oxygens (including phenoxy) is 1. The molecule has 0 saturated heterocycles. The number of benzene rings is 2. The molecule has 0 atom stereocenters. The molecule has 2 aromatic rings. The summed E-state index contributed by atoms with van der Waals surface area (Å²) in [6.45, 7) is 3.58. The zero-order chi connectivity index (χ0) is 14.6. The molecule has 0 aliphatic rings. The van der Waals surface area contributed by atoms with Gasteiger partial charge in [0, 0.05) is 0 Å². The molecule has 0 heterocycles. The second kappa shape index (κ2) is 5.90. The third kappa shape index (κ3) is 3.26. The average Bonchev–Trinajstić information content (AvgIpc) is 2.39. The SMILES string of the molecule is C=CCc1cccc(Oc2ccccc2)c1S(=O)(=O)O. The summed E-state index contributed by atoms with van der Waals surface area (Å²) in [4.78, 5) is -0.219. The lowest BCUT2D eigenvalue weighted by atomic mass is 10.1. The summed E-state index contributed by atoms with van der Waals surface area (Å²) in [5.74, 6) is 0.589. The van der Waals surface area contributed by atoms with E-state index in [-0.39, 0.29) is 10.6 Å². The molecular weight excluding hydrogens is 276 g/mol. The molecule has 0 aliphatic carbocycles. The molecule has 4 nitrogen and oxygen atoms in total. The van der Waals surface area contributed by atoms with Gasteiger partial charge in [0.15, 0.2) is 0 Å². The summed E-state index contributed by atoms with van der Waals surface area (Å²) in [7, 11) is -4.38. The van der Waals surface area contributed by atoms with Crippen molar-refractivity contribution >= 4 is 10.1 Å². The van der Waals surface area contributed by atoms with Crippen LogP contribution < -0.4 is 4.74 Å². The Labute approximate surface area is 118 Å². The number of hydrogen-bond acceptors (Lipinski definition) is 3. The summed E-state index contributed by atoms with van der Waals surface area (Å²) >= 11 is 0. The van der Waals surface area contributed by atoms with Crippen molar-refractivity contribution in [3.8, 4) is 11.5 Å². The molecule has 0 amide bonds. The standard InChI is InChI=1S/C15H14O4S/c1-2-7-12-8-6-11-14(15(12)20(16,17)18)19-13-9-4-3-5-10-13/h2-6,8-11H,1,7H2,(H,16,17,18). The third-order valence-electron chi connectivity index (χ3n) is 2.65. The van der Waals surface area contributed by atoms with Crippen LogP contribution in [0.2, 0.25) is 0 Å². The molecular formula is C15H14O4S. The fourth-order valence-electron chi connectivity index (χ4n) is 1.87. The van der Waals surface area contributed by atoms with Crippen LogP contribution in [0.25, 0.3) is 0 Å². The second-order valence-electron chi connectivity index (χ2n) is 4.13. The Balaban J connectivity index is 2.53. The lowest BCUT2D eigenvalue weighted by molar-refractivity contribution is 0.448. The molecule has 104 valence electrons. The highest BCUT2D eigenvalue weighted by Crippen LogP contribution is 2.31. The highest BCUT2D eigenvalue weighted by Gasteiger charge is 2.21. The first-order valence-corrected chi connectivity index (χ1v) is 7.39. The van der Waals surface area contributed by atoms with Gasteiger partial charge in [-0.2, -0.15) is 8.42 Å². The Morgan fingerprint density at radius 1 is 1.10 bits per heavy atom. The number of para-hydroxylation sites is 1. The molecule has 2 aromatic carbocycles. The Kier molecular flexibility index (Phi) is 4.22. The van der Waals surface area contributed by atoms with Crippen LogP contribution in [0, 0.1) is 0 Å². The molecule has 2 rings (SSSR count). The topological polar surface area (TPSA) is 63.6 Å². The minimum absolute atomic E-state index is 0.0954. The molecule has 0 bridgehead atoms. The van der Waals surface area contributed by atoms with E-state index in [0.717, 1.165) is 0 Å². The average molecular weight is 290 g/mol. The quantitative estimate of drug-likeness (QED) is 0.676. The molecule has 0 unspecified atom stereocenters. The number of hydrogen-bond donors (Lipinski definition) is 1. The van der Waals surface area contributed by atoms with Crippen LogP contribution in [-0.2, 0) is 16.5 Å². The first-order chi connectivity index (χ1) is 9.52. The largest absolute Gasteiger partial charge is 0.456 e. The van der Waals surface area contributed by atoms with Gasteiger partial charge in [-0.05, 0) is 30.2 Å². The van der Waals surface area contributed by atoms with Crippen LogP contribution in [-0.4, -0.2) is 13.0 Å². The van der Waals surface area contributed by atoms with Crippen molar-refractivity contribution in [2.45, 2.75) is 11.3 Å². The van der Waals surface area contributed by atoms with E-state index in [9.17, 15) is 13.0 Å². The van der Waals surface area contributed by atoms with E-state index >= 15 is 0 Å². The smallest absolute Gasteiger partial charge is 0.298 e. The fourth-order valence-corrected chi connectivity index (χ4v) is 2.71. The summed E-state index contributed by atoms with van der Waals surface area (Å²) < 4.78 is 38.1. The summed E-state index contributed by atoms with van der Waals surface area (Å²) in [5.41, 5.74) is 0.441. The van der Waals surface area contributed by atoms with Crippen molar-refractivity contribution in [2.24, 2.45) is 0 Å². The van der Waals surface area contributed by atoms with E-state index in [2.05, 4.69) is 6.58 Å². The fraction of sp³-hybridized carbons (Fsp3) is 0.0667. The molecule has 1 N–H and O–H groups in total. The maximum Gasteiger partial charge on any atom is 0.298 e. The van der Waals surface area contributed by atoms with Crippen LogP contribution in [0.1, 0.15) is 5.56 Å². The minimum Gasteiger partial charge on any atom is -0.456 e. The number of rotatable bonds is 5. The predicted octanol–water partition coefficient (Wildman–Crippen LogP) is 3.45. The number of allylic oxidation sites excluding steroid dienone is 1. The molecule has 0 aromatic heterocycles. The second-order valence-corrected chi connectivity index (χ2v) is 5.49. The van der Waals surface area contributed by atoms with Gasteiger partial charge in [-0.1, -0.05) is 36.4 Å². The Hall–Kier alpha value is -2.11. The van der Waals surface area contributed by atoms with Gasteiger partial charge in [0.25, 0.3) is 10.1 Å². The molecule has 0 aliphatic heterocycles. The van der Waals surface area contributed by atoms with Gasteiger partial charge in [0.05, 0.1) is 0 Å². The summed E-state index contributed by atoms with van der Waals surface area (Å²) in [6.07, 6.45) is 1.89. The van der Waals surface area contributed by atoms with Crippen molar-refractivity contribution in [3.63, 3.8) is 0 Å². The lowest BCUT2D eigenvalue weighted by Gasteiger charge is -2.12. The summed E-state index contributed by atoms with van der Waals surface area (Å²) in [6, 6.07) is 13.6. The van der Waals surface area contributed by atoms with Gasteiger partial charge < -0.3 is 4.74 Å². The van der Waals surface area contributed by atoms with Crippen molar-refractivity contribution < 1.29 is 17.7 Å². The third-order valence-corrected chi connectivity index (χ3v) is 3.63. The van der Waals surface area contributed by atoms with Crippen LogP contribution >= 0.6 is 0 Å². The van der Waals surface area contributed by atoms with Gasteiger partial charge >= 0.3 is 0 Å². The lowest BCUT2D eigenvalue weighted by Crippen LogP contribution is -2.05. The Morgan fingerprint density at radius 3 is 2.40 bits per heavy atom. The van der Waals surface area contributed by atoms with Gasteiger partial charge in [-0.25, -0.2) is 0 Å². The van der Waals surface area contributed by atoms with Gasteiger partial charge in [0.2, 0.25) is 0 Å². The normalized spacial score (nSPS) is 11.1. The zero-order valence-electron chi connectivity index (χ0n) is 10.7. The van der Waals surface area contributed by atoms with Gasteiger partial charge in [-0.3, -0.25) is 4.55 Å². The van der Waals surface area contributed by atoms with E-state index in [1.807, 2.05) is 6.07 Å². The highest BCUT2D eigenvalue weighted by atomic mass is 32.2. The minimum atomic E-state index is -4.38. The van der Waals surface area contributed by atoms with Crippen molar-refractivity contribution in [2.75, 3.05) is 0 Å². The predicted molar refractivity (Wildman–Crippen MR) is 76.7 cm³/mol. The van der Waals surface area contributed by atoms with Crippen LogP contribution in [0.3, 0.4) is 0 Å². The van der Waals surface area contributed by atoms with E-state index in [0.29, 0.717) is 17.7 Å². The molecule has 0 saturated carbocycles. The van der Waals surface area contributed by atoms with Crippen molar-refractivity contribution in [3.05, 3.63) is 66.7 Å². The molecule has 0 spiro atoms. The highest BCUT2D eigenvalue weighted by molar-refractivity contribution is 7.86. The van der Waals surface area contributed by atoms with Crippen LogP contribution in [0.5, 0.6) is 11.5 Å². The summed E-state index contributed by atoms with van der Waals surface area (Å²) in [5, 5.41) is 0. The van der Waals surface area contributed by atoms with Gasteiger partial charge in [-0.15, -0.1) is 6.58 Å². The van der Waals surface area contributed by atoms with E-state index < -0.39 is 10.1 Å². The van der Waals surface area contributed by atoms with E-state index in [1.54, 1.807) is 42.5 Å². The van der Waals surface area contributed by atoms with Gasteiger partial charge in [0.1, 0.15) is 16.4 Å². The Morgan fingerprint density at radius 2 is 1.80 bits per heavy atom. The van der Waals surface area contributed by atoms with Crippen LogP contribution in [0.4, 0.5) is 0 Å². The van der Waals surface area contributed by atoms with E-state index in [1.165, 1.54) is 6.07 Å². The molecule has 0 fully saturated rings. The van der Waals surface area contributed by atoms with Crippen molar-refractivity contribution in [1.82, 2.24) is 0 Å². The molecule has 0 radical (unpaired) electrons. The maximum atomic E-state index is 11.6. The first kappa shape index (κ1) is 14.3. The van der Waals surface area contributed by atoms with Crippen LogP contribution in [0.15, 0.2) is 66.1 Å². The van der Waals surface area contributed by atoms with Crippen molar-refractivity contribution in [1.29, 1.82) is 0 Å². The maximum absolute atomic E-state index is 11.6. The Bertz CT molecular complexity index is 706. The monoisotopic (exact) mass is 290 g/mol.